The van der Waals surface area contributed by atoms with Crippen molar-refractivity contribution in [1.29, 1.82) is 0 Å². The third kappa shape index (κ3) is 4.23. The van der Waals surface area contributed by atoms with Crippen molar-refractivity contribution in [2.45, 2.75) is 18.6 Å². The van der Waals surface area contributed by atoms with E-state index < -0.39 is 0 Å². The number of methoxy groups -OCH3 is 1. The SMILES string of the molecule is COc1ccccc1CNC(=O)CSc1nncn1-c1ccccc1C. The average Bonchev–Trinajstić information content (AvgIpc) is 3.13. The number of thioether (sulfide) groups is 1. The quantitative estimate of drug-likeness (QED) is 0.649. The van der Waals surface area contributed by atoms with E-state index in [4.69, 9.17) is 4.74 Å². The minimum atomic E-state index is -0.0692. The van der Waals surface area contributed by atoms with Crippen molar-refractivity contribution in [3.05, 3.63) is 66.0 Å². The highest BCUT2D eigenvalue weighted by Gasteiger charge is 2.12. The van der Waals surface area contributed by atoms with Gasteiger partial charge in [-0.15, -0.1) is 10.2 Å². The summed E-state index contributed by atoms with van der Waals surface area (Å²) in [6, 6.07) is 15.6. The second-order valence-electron chi connectivity index (χ2n) is 5.65. The number of nitrogens with zero attached hydrogens (tertiary/aromatic N) is 3. The van der Waals surface area contributed by atoms with E-state index >= 15 is 0 Å². The van der Waals surface area contributed by atoms with Crippen LogP contribution in [0.5, 0.6) is 5.75 Å². The zero-order chi connectivity index (χ0) is 18.4. The predicted molar refractivity (Wildman–Crippen MR) is 102 cm³/mol. The minimum absolute atomic E-state index is 0.0692. The van der Waals surface area contributed by atoms with Gasteiger partial charge in [-0.1, -0.05) is 48.2 Å². The van der Waals surface area contributed by atoms with Gasteiger partial charge in [-0.2, -0.15) is 0 Å². The molecule has 0 fully saturated rings. The lowest BCUT2D eigenvalue weighted by Crippen LogP contribution is -2.25. The van der Waals surface area contributed by atoms with Crippen LogP contribution in [0.3, 0.4) is 0 Å². The molecule has 0 aliphatic carbocycles. The largest absolute Gasteiger partial charge is 0.496 e. The molecule has 0 unspecified atom stereocenters. The van der Waals surface area contributed by atoms with Crippen LogP contribution >= 0.6 is 11.8 Å². The fourth-order valence-corrected chi connectivity index (χ4v) is 3.30. The molecule has 1 heterocycles. The number of ether oxygens (including phenoxy) is 1. The van der Waals surface area contributed by atoms with E-state index in [2.05, 4.69) is 15.5 Å². The van der Waals surface area contributed by atoms with E-state index in [0.717, 1.165) is 22.6 Å². The topological polar surface area (TPSA) is 69.0 Å². The smallest absolute Gasteiger partial charge is 0.230 e. The highest BCUT2D eigenvalue weighted by molar-refractivity contribution is 7.99. The number of carbonyl (C=O) groups is 1. The monoisotopic (exact) mass is 368 g/mol. The van der Waals surface area contributed by atoms with E-state index in [1.54, 1.807) is 13.4 Å². The van der Waals surface area contributed by atoms with Gasteiger partial charge in [0.25, 0.3) is 0 Å². The Bertz CT molecular complexity index is 895. The summed E-state index contributed by atoms with van der Waals surface area (Å²) in [6.07, 6.45) is 1.66. The molecule has 0 aliphatic heterocycles. The zero-order valence-corrected chi connectivity index (χ0v) is 15.5. The number of aromatic nitrogens is 3. The van der Waals surface area contributed by atoms with Crippen LogP contribution in [0.15, 0.2) is 60.0 Å². The van der Waals surface area contributed by atoms with Crippen molar-refractivity contribution in [3.63, 3.8) is 0 Å². The lowest BCUT2D eigenvalue weighted by atomic mass is 10.2. The molecule has 7 heteroatoms. The van der Waals surface area contributed by atoms with E-state index in [0.29, 0.717) is 11.7 Å². The molecule has 0 saturated heterocycles. The summed E-state index contributed by atoms with van der Waals surface area (Å²) in [6.45, 7) is 2.46. The first-order valence-corrected chi connectivity index (χ1v) is 9.15. The summed E-state index contributed by atoms with van der Waals surface area (Å²) < 4.78 is 7.19. The van der Waals surface area contributed by atoms with Gasteiger partial charge in [-0.05, 0) is 24.6 Å². The Kier molecular flexibility index (Phi) is 5.91. The van der Waals surface area contributed by atoms with E-state index in [1.165, 1.54) is 11.8 Å². The molecule has 0 atom stereocenters. The molecule has 0 aliphatic rings. The fourth-order valence-electron chi connectivity index (χ4n) is 2.55. The number of hydrogen-bond donors (Lipinski definition) is 1. The van der Waals surface area contributed by atoms with Gasteiger partial charge in [0.15, 0.2) is 5.16 Å². The van der Waals surface area contributed by atoms with Gasteiger partial charge in [-0.3, -0.25) is 9.36 Å². The molecule has 0 radical (unpaired) electrons. The maximum atomic E-state index is 12.2. The number of benzene rings is 2. The average molecular weight is 368 g/mol. The Morgan fingerprint density at radius 3 is 2.77 bits per heavy atom. The molecule has 1 aromatic heterocycles. The molecule has 0 saturated carbocycles. The van der Waals surface area contributed by atoms with Crippen molar-refractivity contribution in [1.82, 2.24) is 20.1 Å². The first kappa shape index (κ1) is 18.0. The number of hydrogen-bond acceptors (Lipinski definition) is 5. The normalized spacial score (nSPS) is 10.5. The number of carbonyl (C=O) groups excluding carboxylic acids is 1. The highest BCUT2D eigenvalue weighted by Crippen LogP contribution is 2.22. The van der Waals surface area contributed by atoms with Crippen molar-refractivity contribution in [2.24, 2.45) is 0 Å². The van der Waals surface area contributed by atoms with Crippen molar-refractivity contribution < 1.29 is 9.53 Å². The van der Waals surface area contributed by atoms with E-state index in [-0.39, 0.29) is 11.7 Å². The second kappa shape index (κ2) is 8.53. The van der Waals surface area contributed by atoms with Crippen molar-refractivity contribution in [3.8, 4) is 11.4 Å². The van der Waals surface area contributed by atoms with Crippen LogP contribution in [0.25, 0.3) is 5.69 Å². The summed E-state index contributed by atoms with van der Waals surface area (Å²) in [4.78, 5) is 12.2. The minimum Gasteiger partial charge on any atom is -0.496 e. The molecule has 3 aromatic rings. The standard InChI is InChI=1S/C19H20N4O2S/c1-14-7-3-5-9-16(14)23-13-21-22-19(23)26-12-18(24)20-11-15-8-4-6-10-17(15)25-2/h3-10,13H,11-12H2,1-2H3,(H,20,24). The Morgan fingerprint density at radius 2 is 1.96 bits per heavy atom. The van der Waals surface area contributed by atoms with Gasteiger partial charge >= 0.3 is 0 Å². The Balaban J connectivity index is 1.59. The molecule has 134 valence electrons. The molecule has 1 N–H and O–H groups in total. The van der Waals surface area contributed by atoms with Crippen LogP contribution < -0.4 is 10.1 Å². The van der Waals surface area contributed by atoms with Crippen LogP contribution in [0.1, 0.15) is 11.1 Å². The van der Waals surface area contributed by atoms with Crippen molar-refractivity contribution >= 4 is 17.7 Å². The third-order valence-electron chi connectivity index (χ3n) is 3.89. The summed E-state index contributed by atoms with van der Waals surface area (Å²) >= 11 is 1.36. The van der Waals surface area contributed by atoms with Crippen LogP contribution in [-0.4, -0.2) is 33.5 Å². The lowest BCUT2D eigenvalue weighted by molar-refractivity contribution is -0.118. The molecule has 26 heavy (non-hydrogen) atoms. The van der Waals surface area contributed by atoms with Gasteiger partial charge in [0.1, 0.15) is 12.1 Å². The predicted octanol–water partition coefficient (Wildman–Crippen LogP) is 2.99. The summed E-state index contributed by atoms with van der Waals surface area (Å²) in [5, 5.41) is 11.7. The first-order valence-electron chi connectivity index (χ1n) is 8.16. The van der Waals surface area contributed by atoms with Gasteiger partial charge in [0, 0.05) is 12.1 Å². The second-order valence-corrected chi connectivity index (χ2v) is 6.59. The van der Waals surface area contributed by atoms with E-state index in [1.807, 2.05) is 60.0 Å². The zero-order valence-electron chi connectivity index (χ0n) is 14.7. The first-order chi connectivity index (χ1) is 12.7. The number of amides is 1. The summed E-state index contributed by atoms with van der Waals surface area (Å²) in [7, 11) is 1.62. The molecule has 6 nitrogen and oxygen atoms in total. The number of rotatable bonds is 7. The lowest BCUT2D eigenvalue weighted by Gasteiger charge is -2.10. The van der Waals surface area contributed by atoms with Gasteiger partial charge < -0.3 is 10.1 Å². The molecular formula is C19H20N4O2S. The Hall–Kier alpha value is -2.80. The molecule has 0 bridgehead atoms. The highest BCUT2D eigenvalue weighted by atomic mass is 32.2. The number of aryl methyl sites for hydroxylation is 1. The Morgan fingerprint density at radius 1 is 1.19 bits per heavy atom. The summed E-state index contributed by atoms with van der Waals surface area (Å²) in [5.41, 5.74) is 3.07. The maximum Gasteiger partial charge on any atom is 0.230 e. The third-order valence-corrected chi connectivity index (χ3v) is 4.84. The number of para-hydroxylation sites is 2. The van der Waals surface area contributed by atoms with Gasteiger partial charge in [0.2, 0.25) is 5.91 Å². The molecule has 2 aromatic carbocycles. The summed E-state index contributed by atoms with van der Waals surface area (Å²) in [5.74, 6) is 0.958. The molecule has 3 rings (SSSR count). The van der Waals surface area contributed by atoms with Gasteiger partial charge in [0.05, 0.1) is 18.6 Å². The van der Waals surface area contributed by atoms with Crippen LogP contribution in [-0.2, 0) is 11.3 Å². The van der Waals surface area contributed by atoms with Crippen LogP contribution in [0, 0.1) is 6.92 Å². The van der Waals surface area contributed by atoms with Crippen molar-refractivity contribution in [2.75, 3.05) is 12.9 Å². The van der Waals surface area contributed by atoms with Crippen LogP contribution in [0.2, 0.25) is 0 Å². The molecular weight excluding hydrogens is 348 g/mol. The number of nitrogens with one attached hydrogen (secondary N) is 1. The Labute approximate surface area is 156 Å². The maximum absolute atomic E-state index is 12.2. The van der Waals surface area contributed by atoms with Gasteiger partial charge in [-0.25, -0.2) is 0 Å². The molecule has 1 amide bonds. The van der Waals surface area contributed by atoms with E-state index in [9.17, 15) is 4.79 Å². The fraction of sp³-hybridized carbons (Fsp3) is 0.211. The van der Waals surface area contributed by atoms with Crippen LogP contribution in [0.4, 0.5) is 0 Å². The molecule has 0 spiro atoms.